The molecule has 1 aromatic heterocycles. The number of sulfonamides is 1. The highest BCUT2D eigenvalue weighted by atomic mass is 35.5. The summed E-state index contributed by atoms with van der Waals surface area (Å²) in [4.78, 5) is 12.4. The van der Waals surface area contributed by atoms with Gasteiger partial charge < -0.3 is 0 Å². The molecule has 31 heavy (non-hydrogen) atoms. The van der Waals surface area contributed by atoms with Gasteiger partial charge in [0.1, 0.15) is 11.6 Å². The summed E-state index contributed by atoms with van der Waals surface area (Å²) in [6.07, 6.45) is -4.01. The summed E-state index contributed by atoms with van der Waals surface area (Å²) < 4.78 is 64.3. The summed E-state index contributed by atoms with van der Waals surface area (Å²) in [5, 5.41) is 10.3. The average molecular weight is 491 g/mol. The van der Waals surface area contributed by atoms with Crippen LogP contribution in [-0.2, 0) is 21.0 Å². The molecule has 0 saturated carbocycles. The summed E-state index contributed by atoms with van der Waals surface area (Å²) in [7, 11) is -4.09. The normalized spacial score (nSPS) is 11.9. The predicted octanol–water partition coefficient (Wildman–Crippen LogP) is 4.28. The minimum absolute atomic E-state index is 0.115. The monoisotopic (exact) mass is 490 g/mol. The highest BCUT2D eigenvalue weighted by Crippen LogP contribution is 2.37. The molecule has 0 radical (unpaired) electrons. The zero-order valence-corrected chi connectivity index (χ0v) is 18.1. The second-order valence-electron chi connectivity index (χ2n) is 6.26. The average Bonchev–Trinajstić information content (AvgIpc) is 3.14. The maximum atomic E-state index is 13.1. The van der Waals surface area contributed by atoms with E-state index >= 15 is 0 Å². The molecule has 0 bridgehead atoms. The van der Waals surface area contributed by atoms with E-state index in [0.29, 0.717) is 15.4 Å². The molecule has 7 nitrogen and oxygen atoms in total. The van der Waals surface area contributed by atoms with Crippen LogP contribution in [0.25, 0.3) is 10.6 Å². The van der Waals surface area contributed by atoms with Gasteiger partial charge >= 0.3 is 6.18 Å². The number of benzene rings is 2. The SMILES string of the molecule is CS(=O)(=O)N(CC(=O)Nc1nnc(-c2ccccc2)s1)c1ccc(Cl)c(C(F)(F)F)c1. The molecule has 2 aromatic carbocycles. The first-order chi connectivity index (χ1) is 14.4. The van der Waals surface area contributed by atoms with E-state index in [1.807, 2.05) is 6.07 Å². The first kappa shape index (κ1) is 23.0. The van der Waals surface area contributed by atoms with Gasteiger partial charge in [-0.1, -0.05) is 53.3 Å². The summed E-state index contributed by atoms with van der Waals surface area (Å²) in [5.74, 6) is -0.801. The minimum Gasteiger partial charge on any atom is -0.299 e. The van der Waals surface area contributed by atoms with Crippen LogP contribution in [-0.4, -0.2) is 37.3 Å². The van der Waals surface area contributed by atoms with E-state index in [0.717, 1.165) is 35.3 Å². The fraction of sp³-hybridized carbons (Fsp3) is 0.167. The molecule has 0 unspecified atom stereocenters. The maximum Gasteiger partial charge on any atom is 0.417 e. The van der Waals surface area contributed by atoms with Crippen molar-refractivity contribution in [3.63, 3.8) is 0 Å². The Morgan fingerprint density at radius 3 is 2.45 bits per heavy atom. The van der Waals surface area contributed by atoms with E-state index < -0.39 is 39.2 Å². The molecule has 3 rings (SSSR count). The number of aromatic nitrogens is 2. The van der Waals surface area contributed by atoms with Crippen LogP contribution < -0.4 is 9.62 Å². The van der Waals surface area contributed by atoms with Crippen molar-refractivity contribution in [2.24, 2.45) is 0 Å². The second-order valence-corrected chi connectivity index (χ2v) is 9.55. The number of nitrogens with one attached hydrogen (secondary N) is 1. The molecule has 0 aliphatic heterocycles. The molecule has 0 spiro atoms. The van der Waals surface area contributed by atoms with Crippen molar-refractivity contribution in [1.29, 1.82) is 0 Å². The smallest absolute Gasteiger partial charge is 0.299 e. The van der Waals surface area contributed by atoms with Gasteiger partial charge in [-0.05, 0) is 18.2 Å². The summed E-state index contributed by atoms with van der Waals surface area (Å²) >= 11 is 6.65. The largest absolute Gasteiger partial charge is 0.417 e. The standard InChI is InChI=1S/C18H14ClF3N4O3S2/c1-31(28,29)26(12-7-8-14(19)13(9-12)18(20,21)22)10-15(27)23-17-25-24-16(30-17)11-5-3-2-4-6-11/h2-9H,10H2,1H3,(H,23,25,27). The van der Waals surface area contributed by atoms with Gasteiger partial charge in [-0.2, -0.15) is 13.2 Å². The lowest BCUT2D eigenvalue weighted by molar-refractivity contribution is -0.137. The van der Waals surface area contributed by atoms with Gasteiger partial charge in [0.15, 0.2) is 0 Å². The number of hydrogen-bond donors (Lipinski definition) is 1. The van der Waals surface area contributed by atoms with Gasteiger partial charge in [-0.25, -0.2) is 8.42 Å². The zero-order valence-electron chi connectivity index (χ0n) is 15.7. The predicted molar refractivity (Wildman–Crippen MR) is 113 cm³/mol. The van der Waals surface area contributed by atoms with Crippen LogP contribution in [0.1, 0.15) is 5.56 Å². The second kappa shape index (κ2) is 8.81. The van der Waals surface area contributed by atoms with E-state index in [-0.39, 0.29) is 10.8 Å². The van der Waals surface area contributed by atoms with Crippen LogP contribution in [0.5, 0.6) is 0 Å². The third kappa shape index (κ3) is 5.71. The minimum atomic E-state index is -4.79. The van der Waals surface area contributed by atoms with E-state index in [1.54, 1.807) is 24.3 Å². The molecule has 1 N–H and O–H groups in total. The van der Waals surface area contributed by atoms with Crippen LogP contribution in [0.4, 0.5) is 24.0 Å². The fourth-order valence-electron chi connectivity index (χ4n) is 2.55. The Kier molecular flexibility index (Phi) is 6.53. The van der Waals surface area contributed by atoms with Crippen molar-refractivity contribution < 1.29 is 26.4 Å². The van der Waals surface area contributed by atoms with Crippen molar-refractivity contribution in [1.82, 2.24) is 10.2 Å². The number of halogens is 4. The molecular formula is C18H14ClF3N4O3S2. The fourth-order valence-corrected chi connectivity index (χ4v) is 4.38. The molecule has 3 aromatic rings. The first-order valence-corrected chi connectivity index (χ1v) is 11.5. The van der Waals surface area contributed by atoms with Crippen LogP contribution >= 0.6 is 22.9 Å². The van der Waals surface area contributed by atoms with Crippen LogP contribution in [0.2, 0.25) is 5.02 Å². The van der Waals surface area contributed by atoms with E-state index in [4.69, 9.17) is 11.6 Å². The molecule has 164 valence electrons. The van der Waals surface area contributed by atoms with Crippen molar-refractivity contribution in [3.8, 4) is 10.6 Å². The number of anilines is 2. The van der Waals surface area contributed by atoms with Gasteiger partial charge in [-0.15, -0.1) is 10.2 Å². The Morgan fingerprint density at radius 2 is 1.84 bits per heavy atom. The maximum absolute atomic E-state index is 13.1. The van der Waals surface area contributed by atoms with Gasteiger partial charge in [0.2, 0.25) is 21.1 Å². The van der Waals surface area contributed by atoms with Crippen LogP contribution in [0.15, 0.2) is 48.5 Å². The molecule has 0 atom stereocenters. The summed E-state index contributed by atoms with van der Waals surface area (Å²) in [6, 6.07) is 11.6. The number of rotatable bonds is 6. The molecule has 0 aliphatic carbocycles. The van der Waals surface area contributed by atoms with Crippen LogP contribution in [0.3, 0.4) is 0 Å². The molecule has 0 aliphatic rings. The number of carbonyl (C=O) groups is 1. The Balaban J connectivity index is 1.81. The number of nitrogens with zero attached hydrogens (tertiary/aromatic N) is 3. The highest BCUT2D eigenvalue weighted by molar-refractivity contribution is 7.92. The number of amides is 1. The Bertz CT molecular complexity index is 1200. The molecule has 0 fully saturated rings. The number of hydrogen-bond acceptors (Lipinski definition) is 6. The van der Waals surface area contributed by atoms with E-state index in [2.05, 4.69) is 15.5 Å². The van der Waals surface area contributed by atoms with Gasteiger partial charge in [0, 0.05) is 5.56 Å². The molecular weight excluding hydrogens is 477 g/mol. The van der Waals surface area contributed by atoms with E-state index in [9.17, 15) is 26.4 Å². The summed E-state index contributed by atoms with van der Waals surface area (Å²) in [5.41, 5.74) is -0.784. The van der Waals surface area contributed by atoms with Crippen molar-refractivity contribution in [3.05, 3.63) is 59.1 Å². The number of alkyl halides is 3. The van der Waals surface area contributed by atoms with Crippen LogP contribution in [0, 0.1) is 0 Å². The van der Waals surface area contributed by atoms with E-state index in [1.165, 1.54) is 0 Å². The lowest BCUT2D eigenvalue weighted by Crippen LogP contribution is -2.37. The number of carbonyl (C=O) groups excluding carboxylic acids is 1. The third-order valence-electron chi connectivity index (χ3n) is 3.92. The Morgan fingerprint density at radius 1 is 1.16 bits per heavy atom. The quantitative estimate of drug-likeness (QED) is 0.556. The first-order valence-electron chi connectivity index (χ1n) is 8.48. The molecule has 0 saturated heterocycles. The van der Waals surface area contributed by atoms with Crippen molar-refractivity contribution in [2.45, 2.75) is 6.18 Å². The lowest BCUT2D eigenvalue weighted by Gasteiger charge is -2.23. The third-order valence-corrected chi connectivity index (χ3v) is 6.28. The molecule has 1 amide bonds. The van der Waals surface area contributed by atoms with Gasteiger partial charge in [-0.3, -0.25) is 14.4 Å². The zero-order chi connectivity index (χ0) is 22.8. The Hall–Kier alpha value is -2.70. The highest BCUT2D eigenvalue weighted by Gasteiger charge is 2.34. The van der Waals surface area contributed by atoms with Gasteiger partial charge in [0.05, 0.1) is 22.5 Å². The summed E-state index contributed by atoms with van der Waals surface area (Å²) in [6.45, 7) is -0.766. The Labute approximate surface area is 184 Å². The lowest BCUT2D eigenvalue weighted by atomic mass is 10.2. The van der Waals surface area contributed by atoms with Crippen molar-refractivity contribution in [2.75, 3.05) is 22.4 Å². The van der Waals surface area contributed by atoms with Crippen molar-refractivity contribution >= 4 is 49.7 Å². The molecule has 13 heteroatoms. The molecule has 1 heterocycles. The topological polar surface area (TPSA) is 92.3 Å². The van der Waals surface area contributed by atoms with Gasteiger partial charge in [0.25, 0.3) is 0 Å².